The number of aryl methyl sites for hydroxylation is 3. The zero-order valence-electron chi connectivity index (χ0n) is 16.2. The quantitative estimate of drug-likeness (QED) is 0.331. The van der Waals surface area contributed by atoms with Crippen molar-refractivity contribution in [1.82, 2.24) is 9.97 Å². The van der Waals surface area contributed by atoms with Gasteiger partial charge in [0.2, 0.25) is 0 Å². The monoisotopic (exact) mass is 426 g/mol. The summed E-state index contributed by atoms with van der Waals surface area (Å²) in [6.45, 7) is 2.04. The standard InChI is InChI=1S/C24H18ClF3N2/c1-2-14-12-29-24(30-13-14)18-7-8-19-17(11-18)6-5-16(23(19)28)4-3-15-9-20(26)22(25)21(27)10-15/h5-13H,2-4H2,1H3. The molecule has 1 aromatic heterocycles. The van der Waals surface area contributed by atoms with Crippen LogP contribution in [-0.4, -0.2) is 9.97 Å². The summed E-state index contributed by atoms with van der Waals surface area (Å²) in [6, 6.07) is 11.3. The van der Waals surface area contributed by atoms with E-state index in [1.54, 1.807) is 30.6 Å². The van der Waals surface area contributed by atoms with Gasteiger partial charge in [0, 0.05) is 23.3 Å². The lowest BCUT2D eigenvalue weighted by Crippen LogP contribution is -1.98. The minimum absolute atomic E-state index is 0.295. The molecule has 0 spiro atoms. The van der Waals surface area contributed by atoms with Gasteiger partial charge in [-0.25, -0.2) is 23.1 Å². The zero-order chi connectivity index (χ0) is 21.3. The fourth-order valence-electron chi connectivity index (χ4n) is 3.39. The van der Waals surface area contributed by atoms with Gasteiger partial charge in [-0.2, -0.15) is 0 Å². The summed E-state index contributed by atoms with van der Waals surface area (Å²) in [5.74, 6) is -1.37. The molecule has 0 aliphatic carbocycles. The Labute approximate surface area is 177 Å². The van der Waals surface area contributed by atoms with Gasteiger partial charge in [-0.05, 0) is 59.5 Å². The number of fused-ring (bicyclic) bond motifs is 1. The van der Waals surface area contributed by atoms with E-state index in [1.165, 1.54) is 12.1 Å². The first kappa shape index (κ1) is 20.4. The summed E-state index contributed by atoms with van der Waals surface area (Å²) in [6.07, 6.45) is 5.05. The normalized spacial score (nSPS) is 11.2. The van der Waals surface area contributed by atoms with Crippen molar-refractivity contribution >= 4 is 22.4 Å². The number of hydrogen-bond donors (Lipinski definition) is 0. The number of aromatic nitrogens is 2. The molecule has 152 valence electrons. The molecule has 0 fully saturated rings. The average molecular weight is 427 g/mol. The van der Waals surface area contributed by atoms with Crippen molar-refractivity contribution in [1.29, 1.82) is 0 Å². The number of rotatable bonds is 5. The molecule has 1 heterocycles. The van der Waals surface area contributed by atoms with Crippen LogP contribution in [0.1, 0.15) is 23.6 Å². The maximum absolute atomic E-state index is 15.0. The highest BCUT2D eigenvalue weighted by Crippen LogP contribution is 2.27. The Morgan fingerprint density at radius 2 is 1.53 bits per heavy atom. The molecule has 0 bridgehead atoms. The number of halogens is 4. The third-order valence-electron chi connectivity index (χ3n) is 5.13. The second-order valence-electron chi connectivity index (χ2n) is 7.12. The molecule has 0 radical (unpaired) electrons. The number of hydrogen-bond acceptors (Lipinski definition) is 2. The molecular weight excluding hydrogens is 409 g/mol. The van der Waals surface area contributed by atoms with Crippen LogP contribution < -0.4 is 0 Å². The number of benzene rings is 3. The number of nitrogens with zero attached hydrogens (tertiary/aromatic N) is 2. The highest BCUT2D eigenvalue weighted by molar-refractivity contribution is 6.30. The largest absolute Gasteiger partial charge is 0.236 e. The van der Waals surface area contributed by atoms with Gasteiger partial charge in [-0.15, -0.1) is 0 Å². The Balaban J connectivity index is 1.59. The molecule has 4 aromatic rings. The Hall–Kier alpha value is -2.92. The first-order chi connectivity index (χ1) is 14.5. The van der Waals surface area contributed by atoms with Gasteiger partial charge in [0.1, 0.15) is 22.5 Å². The molecule has 0 aliphatic rings. The fourth-order valence-corrected chi connectivity index (χ4v) is 3.50. The minimum Gasteiger partial charge on any atom is -0.236 e. The van der Waals surface area contributed by atoms with Crippen molar-refractivity contribution in [2.24, 2.45) is 0 Å². The van der Waals surface area contributed by atoms with Crippen molar-refractivity contribution in [3.8, 4) is 11.4 Å². The van der Waals surface area contributed by atoms with E-state index in [4.69, 9.17) is 11.6 Å². The third kappa shape index (κ3) is 4.03. The van der Waals surface area contributed by atoms with Crippen LogP contribution in [0.2, 0.25) is 5.02 Å². The van der Waals surface area contributed by atoms with E-state index in [9.17, 15) is 8.78 Å². The SMILES string of the molecule is CCc1cnc(-c2ccc3c(F)c(CCc4cc(F)c(Cl)c(F)c4)ccc3c2)nc1. The smallest absolute Gasteiger partial charge is 0.159 e. The molecule has 6 heteroatoms. The van der Waals surface area contributed by atoms with E-state index >= 15 is 4.39 Å². The molecule has 3 aromatic carbocycles. The topological polar surface area (TPSA) is 25.8 Å². The van der Waals surface area contributed by atoms with Crippen LogP contribution >= 0.6 is 11.6 Å². The molecule has 0 saturated carbocycles. The van der Waals surface area contributed by atoms with Crippen molar-refractivity contribution < 1.29 is 13.2 Å². The lowest BCUT2D eigenvalue weighted by molar-refractivity contribution is 0.579. The van der Waals surface area contributed by atoms with Gasteiger partial charge in [-0.1, -0.05) is 42.8 Å². The predicted octanol–water partition coefficient (Wildman–Crippen LogP) is 6.72. The van der Waals surface area contributed by atoms with Crippen LogP contribution in [0.15, 0.2) is 54.9 Å². The molecule has 0 amide bonds. The molecule has 30 heavy (non-hydrogen) atoms. The van der Waals surface area contributed by atoms with Gasteiger partial charge >= 0.3 is 0 Å². The average Bonchev–Trinajstić information content (AvgIpc) is 2.76. The Morgan fingerprint density at radius 3 is 2.20 bits per heavy atom. The molecule has 4 rings (SSSR count). The summed E-state index contributed by atoms with van der Waals surface area (Å²) >= 11 is 5.51. The van der Waals surface area contributed by atoms with Gasteiger partial charge in [0.15, 0.2) is 5.82 Å². The molecule has 0 unspecified atom stereocenters. The van der Waals surface area contributed by atoms with Crippen molar-refractivity contribution in [3.63, 3.8) is 0 Å². The summed E-state index contributed by atoms with van der Waals surface area (Å²) < 4.78 is 42.3. The van der Waals surface area contributed by atoms with Crippen LogP contribution in [0.5, 0.6) is 0 Å². The first-order valence-corrected chi connectivity index (χ1v) is 10.00. The van der Waals surface area contributed by atoms with Crippen molar-refractivity contribution in [2.75, 3.05) is 0 Å². The Kier molecular flexibility index (Phi) is 5.73. The van der Waals surface area contributed by atoms with Crippen LogP contribution in [0.3, 0.4) is 0 Å². The highest BCUT2D eigenvalue weighted by Gasteiger charge is 2.12. The van der Waals surface area contributed by atoms with Crippen LogP contribution in [0.4, 0.5) is 13.2 Å². The van der Waals surface area contributed by atoms with E-state index in [2.05, 4.69) is 9.97 Å². The molecule has 0 N–H and O–H groups in total. The fraction of sp³-hybridized carbons (Fsp3) is 0.167. The maximum Gasteiger partial charge on any atom is 0.159 e. The van der Waals surface area contributed by atoms with Gasteiger partial charge in [0.25, 0.3) is 0 Å². The van der Waals surface area contributed by atoms with Crippen molar-refractivity contribution in [2.45, 2.75) is 26.2 Å². The first-order valence-electron chi connectivity index (χ1n) is 9.62. The summed E-state index contributed by atoms with van der Waals surface area (Å²) in [5, 5.41) is 0.690. The Bertz CT molecular complexity index is 1200. The molecular formula is C24H18ClF3N2. The summed E-state index contributed by atoms with van der Waals surface area (Å²) in [4.78, 5) is 8.75. The van der Waals surface area contributed by atoms with E-state index < -0.39 is 16.7 Å². The predicted molar refractivity (Wildman–Crippen MR) is 113 cm³/mol. The molecule has 2 nitrogen and oxygen atoms in total. The zero-order valence-corrected chi connectivity index (χ0v) is 17.0. The van der Waals surface area contributed by atoms with Crippen molar-refractivity contribution in [3.05, 3.63) is 94.0 Å². The lowest BCUT2D eigenvalue weighted by Gasteiger charge is -2.09. The van der Waals surface area contributed by atoms with Crippen LogP contribution in [-0.2, 0) is 19.3 Å². The van der Waals surface area contributed by atoms with Gasteiger partial charge < -0.3 is 0 Å². The summed E-state index contributed by atoms with van der Waals surface area (Å²) in [7, 11) is 0. The summed E-state index contributed by atoms with van der Waals surface area (Å²) in [5.41, 5.74) is 2.77. The maximum atomic E-state index is 15.0. The van der Waals surface area contributed by atoms with E-state index in [-0.39, 0.29) is 5.82 Å². The highest BCUT2D eigenvalue weighted by atomic mass is 35.5. The minimum atomic E-state index is -0.813. The van der Waals surface area contributed by atoms with Crippen LogP contribution in [0.25, 0.3) is 22.2 Å². The lowest BCUT2D eigenvalue weighted by atomic mass is 9.99. The van der Waals surface area contributed by atoms with E-state index in [0.717, 1.165) is 22.9 Å². The Morgan fingerprint density at radius 1 is 0.833 bits per heavy atom. The molecule has 0 saturated heterocycles. The molecule has 0 atom stereocenters. The van der Waals surface area contributed by atoms with Gasteiger partial charge in [-0.3, -0.25) is 0 Å². The molecule has 0 aliphatic heterocycles. The second kappa shape index (κ2) is 8.44. The van der Waals surface area contributed by atoms with E-state index in [0.29, 0.717) is 35.2 Å². The second-order valence-corrected chi connectivity index (χ2v) is 7.49. The third-order valence-corrected chi connectivity index (χ3v) is 5.49. The van der Waals surface area contributed by atoms with Gasteiger partial charge in [0.05, 0.1) is 0 Å². The van der Waals surface area contributed by atoms with Crippen LogP contribution in [0, 0.1) is 17.5 Å². The van der Waals surface area contributed by atoms with E-state index in [1.807, 2.05) is 19.1 Å².